The number of aryl methyl sites for hydroxylation is 1. The van der Waals surface area contributed by atoms with Gasteiger partial charge in [-0.15, -0.1) is 0 Å². The van der Waals surface area contributed by atoms with Crippen LogP contribution in [-0.4, -0.2) is 18.1 Å². The number of rotatable bonds is 6. The molecule has 1 aromatic carbocycles. The third-order valence-electron chi connectivity index (χ3n) is 3.69. The minimum atomic E-state index is 0.341. The summed E-state index contributed by atoms with van der Waals surface area (Å²) in [5, 5.41) is 3.45. The molecular weight excluding hydrogens is 258 g/mol. The molecule has 0 aliphatic rings. The number of hydrogen-bond donors (Lipinski definition) is 1. The van der Waals surface area contributed by atoms with Gasteiger partial charge in [0.2, 0.25) is 0 Å². The molecule has 2 rings (SSSR count). The highest BCUT2D eigenvalue weighted by atomic mass is 15.2. The Labute approximate surface area is 128 Å². The SMILES string of the molecule is CCNC(C)c1ccnc(N(CC)c2cccc(C)c2)c1. The Hall–Kier alpha value is -1.87. The van der Waals surface area contributed by atoms with E-state index in [2.05, 4.69) is 79.3 Å². The lowest BCUT2D eigenvalue weighted by Gasteiger charge is -2.24. The quantitative estimate of drug-likeness (QED) is 0.860. The maximum Gasteiger partial charge on any atom is 0.133 e. The van der Waals surface area contributed by atoms with Crippen molar-refractivity contribution in [3.63, 3.8) is 0 Å². The normalized spacial score (nSPS) is 12.2. The van der Waals surface area contributed by atoms with Gasteiger partial charge in [-0.1, -0.05) is 19.1 Å². The summed E-state index contributed by atoms with van der Waals surface area (Å²) in [6.07, 6.45) is 1.90. The van der Waals surface area contributed by atoms with E-state index in [9.17, 15) is 0 Å². The van der Waals surface area contributed by atoms with Crippen molar-refractivity contribution < 1.29 is 0 Å². The fourth-order valence-corrected chi connectivity index (χ4v) is 2.55. The van der Waals surface area contributed by atoms with Gasteiger partial charge < -0.3 is 10.2 Å². The minimum Gasteiger partial charge on any atom is -0.327 e. The van der Waals surface area contributed by atoms with Crippen LogP contribution in [0.4, 0.5) is 11.5 Å². The second kappa shape index (κ2) is 7.23. The largest absolute Gasteiger partial charge is 0.327 e. The molecule has 1 heterocycles. The molecule has 0 amide bonds. The Morgan fingerprint density at radius 2 is 2.00 bits per heavy atom. The van der Waals surface area contributed by atoms with Crippen molar-refractivity contribution in [2.24, 2.45) is 0 Å². The van der Waals surface area contributed by atoms with Gasteiger partial charge in [0.25, 0.3) is 0 Å². The topological polar surface area (TPSA) is 28.2 Å². The highest BCUT2D eigenvalue weighted by molar-refractivity contribution is 5.61. The maximum atomic E-state index is 4.56. The molecule has 1 unspecified atom stereocenters. The van der Waals surface area contributed by atoms with Gasteiger partial charge in [-0.3, -0.25) is 0 Å². The molecule has 0 radical (unpaired) electrons. The van der Waals surface area contributed by atoms with Crippen molar-refractivity contribution in [1.29, 1.82) is 0 Å². The summed E-state index contributed by atoms with van der Waals surface area (Å²) >= 11 is 0. The first-order valence-electron chi connectivity index (χ1n) is 7.69. The van der Waals surface area contributed by atoms with Gasteiger partial charge in [-0.05, 0) is 62.7 Å². The summed E-state index contributed by atoms with van der Waals surface area (Å²) in [6.45, 7) is 10.5. The van der Waals surface area contributed by atoms with E-state index in [-0.39, 0.29) is 0 Å². The average Bonchev–Trinajstić information content (AvgIpc) is 2.49. The van der Waals surface area contributed by atoms with Gasteiger partial charge in [-0.2, -0.15) is 0 Å². The van der Waals surface area contributed by atoms with Crippen LogP contribution < -0.4 is 10.2 Å². The zero-order valence-corrected chi connectivity index (χ0v) is 13.4. The average molecular weight is 283 g/mol. The van der Waals surface area contributed by atoms with Crippen molar-refractivity contribution in [3.05, 3.63) is 53.7 Å². The molecule has 1 N–H and O–H groups in total. The minimum absolute atomic E-state index is 0.341. The lowest BCUT2D eigenvalue weighted by Crippen LogP contribution is -2.20. The zero-order valence-electron chi connectivity index (χ0n) is 13.4. The Balaban J connectivity index is 2.32. The van der Waals surface area contributed by atoms with E-state index < -0.39 is 0 Å². The molecule has 0 spiro atoms. The first kappa shape index (κ1) is 15.5. The molecule has 0 bridgehead atoms. The van der Waals surface area contributed by atoms with Crippen LogP contribution in [0, 0.1) is 6.92 Å². The highest BCUT2D eigenvalue weighted by Gasteiger charge is 2.11. The highest BCUT2D eigenvalue weighted by Crippen LogP contribution is 2.26. The Kier molecular flexibility index (Phi) is 5.34. The van der Waals surface area contributed by atoms with Gasteiger partial charge in [0.05, 0.1) is 0 Å². The molecule has 2 aromatic rings. The van der Waals surface area contributed by atoms with Crippen LogP contribution in [0.15, 0.2) is 42.6 Å². The number of pyridine rings is 1. The summed E-state index contributed by atoms with van der Waals surface area (Å²) in [7, 11) is 0. The maximum absolute atomic E-state index is 4.56. The van der Waals surface area contributed by atoms with Crippen molar-refractivity contribution in [3.8, 4) is 0 Å². The summed E-state index contributed by atoms with van der Waals surface area (Å²) in [6, 6.07) is 13.2. The lowest BCUT2D eigenvalue weighted by molar-refractivity contribution is 0.597. The first-order valence-corrected chi connectivity index (χ1v) is 7.69. The molecule has 112 valence electrons. The van der Waals surface area contributed by atoms with E-state index in [1.807, 2.05) is 6.20 Å². The van der Waals surface area contributed by atoms with E-state index in [4.69, 9.17) is 0 Å². The van der Waals surface area contributed by atoms with Crippen LogP contribution in [-0.2, 0) is 0 Å². The molecule has 0 fully saturated rings. The van der Waals surface area contributed by atoms with Crippen LogP contribution in [0.1, 0.15) is 37.9 Å². The Morgan fingerprint density at radius 3 is 2.67 bits per heavy atom. The van der Waals surface area contributed by atoms with Crippen LogP contribution in [0.3, 0.4) is 0 Å². The van der Waals surface area contributed by atoms with Crippen molar-refractivity contribution in [1.82, 2.24) is 10.3 Å². The van der Waals surface area contributed by atoms with Crippen molar-refractivity contribution >= 4 is 11.5 Å². The molecule has 0 saturated heterocycles. The number of nitrogens with one attached hydrogen (secondary N) is 1. The van der Waals surface area contributed by atoms with Gasteiger partial charge in [0, 0.05) is 24.5 Å². The van der Waals surface area contributed by atoms with Crippen LogP contribution in [0.5, 0.6) is 0 Å². The lowest BCUT2D eigenvalue weighted by atomic mass is 10.1. The fourth-order valence-electron chi connectivity index (χ4n) is 2.55. The monoisotopic (exact) mass is 283 g/mol. The summed E-state index contributed by atoms with van der Waals surface area (Å²) in [5.41, 5.74) is 3.73. The summed E-state index contributed by atoms with van der Waals surface area (Å²) in [5.74, 6) is 1.00. The number of hydrogen-bond acceptors (Lipinski definition) is 3. The molecule has 3 nitrogen and oxygen atoms in total. The van der Waals surface area contributed by atoms with Crippen LogP contribution in [0.2, 0.25) is 0 Å². The van der Waals surface area contributed by atoms with Gasteiger partial charge in [0.1, 0.15) is 5.82 Å². The van der Waals surface area contributed by atoms with Crippen LogP contribution >= 0.6 is 0 Å². The molecule has 1 aromatic heterocycles. The number of nitrogens with zero attached hydrogens (tertiary/aromatic N) is 2. The molecule has 1 atom stereocenters. The molecule has 0 aliphatic heterocycles. The number of aromatic nitrogens is 1. The third kappa shape index (κ3) is 3.82. The Bertz CT molecular complexity index is 580. The third-order valence-corrected chi connectivity index (χ3v) is 3.69. The fraction of sp³-hybridized carbons (Fsp3) is 0.389. The van der Waals surface area contributed by atoms with E-state index >= 15 is 0 Å². The predicted molar refractivity (Wildman–Crippen MR) is 90.2 cm³/mol. The van der Waals surface area contributed by atoms with Gasteiger partial charge >= 0.3 is 0 Å². The van der Waals surface area contributed by atoms with Crippen molar-refractivity contribution in [2.75, 3.05) is 18.0 Å². The van der Waals surface area contributed by atoms with E-state index in [1.165, 1.54) is 16.8 Å². The second-order valence-corrected chi connectivity index (χ2v) is 5.31. The zero-order chi connectivity index (χ0) is 15.2. The number of anilines is 2. The van der Waals surface area contributed by atoms with Crippen LogP contribution in [0.25, 0.3) is 0 Å². The molecular formula is C18H25N3. The molecule has 0 saturated carbocycles. The van der Waals surface area contributed by atoms with Gasteiger partial charge in [0.15, 0.2) is 0 Å². The number of benzene rings is 1. The molecule has 0 aliphatic carbocycles. The second-order valence-electron chi connectivity index (χ2n) is 5.31. The molecule has 3 heteroatoms. The molecule has 21 heavy (non-hydrogen) atoms. The first-order chi connectivity index (χ1) is 10.2. The van der Waals surface area contributed by atoms with Crippen molar-refractivity contribution in [2.45, 2.75) is 33.7 Å². The smallest absolute Gasteiger partial charge is 0.133 e. The summed E-state index contributed by atoms with van der Waals surface area (Å²) in [4.78, 5) is 6.80. The van der Waals surface area contributed by atoms with E-state index in [0.29, 0.717) is 6.04 Å². The standard InChI is InChI=1S/C18H25N3/c1-5-19-15(4)16-10-11-20-18(13-16)21(6-2)17-9-7-8-14(3)12-17/h7-13,15,19H,5-6H2,1-4H3. The Morgan fingerprint density at radius 1 is 1.19 bits per heavy atom. The predicted octanol–water partition coefficient (Wildman–Crippen LogP) is 4.22. The van der Waals surface area contributed by atoms with Gasteiger partial charge in [-0.25, -0.2) is 4.98 Å². The summed E-state index contributed by atoms with van der Waals surface area (Å²) < 4.78 is 0. The van der Waals surface area contributed by atoms with E-state index in [0.717, 1.165) is 18.9 Å². The van der Waals surface area contributed by atoms with E-state index in [1.54, 1.807) is 0 Å².